The van der Waals surface area contributed by atoms with Gasteiger partial charge in [-0.25, -0.2) is 18.1 Å². The Bertz CT molecular complexity index is 1020. The number of aryl methyl sites for hydroxylation is 1. The largest absolute Gasteiger partial charge is 0.366 e. The lowest BCUT2D eigenvalue weighted by Gasteiger charge is -2.35. The molecule has 0 atom stereocenters. The van der Waals surface area contributed by atoms with E-state index in [-0.39, 0.29) is 0 Å². The van der Waals surface area contributed by atoms with Crippen molar-refractivity contribution in [3.8, 4) is 5.82 Å². The fourth-order valence-corrected chi connectivity index (χ4v) is 6.05. The Labute approximate surface area is 162 Å². The number of pyridine rings is 1. The lowest BCUT2D eigenvalue weighted by Crippen LogP contribution is -2.48. The molecule has 0 radical (unpaired) electrons. The fraction of sp³-hybridized carbons (Fsp3) is 0.333. The standard InChI is InChI=1S/C18H21N5O2S2/c1-14-18(15(2)23(20-14)16-6-3-4-8-19-16)21-9-11-22(12-10-21)27(24,25)17-7-5-13-26-17/h3-8,13H,9-12H2,1-2H3. The first-order chi connectivity index (χ1) is 13.0. The third-order valence-corrected chi connectivity index (χ3v) is 8.04. The zero-order chi connectivity index (χ0) is 19.0. The van der Waals surface area contributed by atoms with Crippen LogP contribution in [-0.4, -0.2) is 53.7 Å². The van der Waals surface area contributed by atoms with Crippen molar-refractivity contribution < 1.29 is 8.42 Å². The average molecular weight is 404 g/mol. The minimum Gasteiger partial charge on any atom is -0.366 e. The maximum atomic E-state index is 12.7. The minimum atomic E-state index is -3.39. The molecule has 0 amide bonds. The highest BCUT2D eigenvalue weighted by molar-refractivity contribution is 7.91. The summed E-state index contributed by atoms with van der Waals surface area (Å²) in [6.45, 7) is 6.22. The summed E-state index contributed by atoms with van der Waals surface area (Å²) in [6.07, 6.45) is 1.75. The van der Waals surface area contributed by atoms with Gasteiger partial charge in [0.15, 0.2) is 5.82 Å². The van der Waals surface area contributed by atoms with Gasteiger partial charge in [-0.15, -0.1) is 11.3 Å². The molecular formula is C18H21N5O2S2. The molecule has 7 nitrogen and oxygen atoms in total. The second kappa shape index (κ2) is 7.06. The highest BCUT2D eigenvalue weighted by Gasteiger charge is 2.31. The van der Waals surface area contributed by atoms with E-state index in [1.165, 1.54) is 11.3 Å². The van der Waals surface area contributed by atoms with Crippen LogP contribution >= 0.6 is 11.3 Å². The van der Waals surface area contributed by atoms with Gasteiger partial charge in [0.1, 0.15) is 4.21 Å². The Kier molecular flexibility index (Phi) is 4.75. The highest BCUT2D eigenvalue weighted by Crippen LogP contribution is 2.29. The van der Waals surface area contributed by atoms with Gasteiger partial charge in [0, 0.05) is 32.4 Å². The van der Waals surface area contributed by atoms with Crippen LogP contribution in [-0.2, 0) is 10.0 Å². The molecule has 1 aliphatic rings. The van der Waals surface area contributed by atoms with Gasteiger partial charge in [0.05, 0.1) is 17.1 Å². The van der Waals surface area contributed by atoms with Gasteiger partial charge < -0.3 is 4.90 Å². The summed E-state index contributed by atoms with van der Waals surface area (Å²) in [5.41, 5.74) is 3.00. The van der Waals surface area contributed by atoms with Crippen molar-refractivity contribution in [2.24, 2.45) is 0 Å². The number of nitrogens with zero attached hydrogens (tertiary/aromatic N) is 5. The Morgan fingerprint density at radius 2 is 1.81 bits per heavy atom. The monoisotopic (exact) mass is 403 g/mol. The van der Waals surface area contributed by atoms with Crippen LogP contribution in [0.2, 0.25) is 0 Å². The predicted octanol–water partition coefficient (Wildman–Crippen LogP) is 2.46. The quantitative estimate of drug-likeness (QED) is 0.669. The van der Waals surface area contributed by atoms with E-state index in [0.717, 1.165) is 22.9 Å². The smallest absolute Gasteiger partial charge is 0.252 e. The molecule has 0 saturated carbocycles. The van der Waals surface area contributed by atoms with Gasteiger partial charge in [-0.05, 0) is 37.4 Å². The van der Waals surface area contributed by atoms with Crippen LogP contribution < -0.4 is 4.90 Å². The number of aromatic nitrogens is 3. The van der Waals surface area contributed by atoms with Gasteiger partial charge >= 0.3 is 0 Å². The maximum absolute atomic E-state index is 12.7. The van der Waals surface area contributed by atoms with Gasteiger partial charge in [0.2, 0.25) is 0 Å². The van der Waals surface area contributed by atoms with E-state index in [1.54, 1.807) is 28.0 Å². The van der Waals surface area contributed by atoms with Crippen molar-refractivity contribution in [2.75, 3.05) is 31.1 Å². The summed E-state index contributed by atoms with van der Waals surface area (Å²) < 4.78 is 29.2. The van der Waals surface area contributed by atoms with Crippen LogP contribution in [0.25, 0.3) is 5.82 Å². The third-order valence-electron chi connectivity index (χ3n) is 4.76. The molecule has 0 bridgehead atoms. The molecule has 1 aliphatic heterocycles. The molecule has 0 N–H and O–H groups in total. The summed E-state index contributed by atoms with van der Waals surface area (Å²) in [5, 5.41) is 6.44. The Morgan fingerprint density at radius 3 is 2.44 bits per heavy atom. The Hall–Kier alpha value is -2.23. The summed E-state index contributed by atoms with van der Waals surface area (Å²) in [5.74, 6) is 0.781. The number of hydrogen-bond acceptors (Lipinski definition) is 6. The first-order valence-corrected chi connectivity index (χ1v) is 11.1. The predicted molar refractivity (Wildman–Crippen MR) is 106 cm³/mol. The SMILES string of the molecule is Cc1nn(-c2ccccn2)c(C)c1N1CCN(S(=O)(=O)c2cccs2)CC1. The van der Waals surface area contributed by atoms with Crippen molar-refractivity contribution in [3.05, 3.63) is 53.3 Å². The molecule has 0 unspecified atom stereocenters. The number of sulfonamides is 1. The molecule has 1 saturated heterocycles. The van der Waals surface area contributed by atoms with Gasteiger partial charge in [0.25, 0.3) is 10.0 Å². The minimum absolute atomic E-state index is 0.409. The van der Waals surface area contributed by atoms with Crippen molar-refractivity contribution in [1.29, 1.82) is 0 Å². The average Bonchev–Trinajstić information content (AvgIpc) is 3.32. The van der Waals surface area contributed by atoms with E-state index in [2.05, 4.69) is 15.0 Å². The molecule has 0 spiro atoms. The van der Waals surface area contributed by atoms with Crippen LogP contribution in [0.3, 0.4) is 0 Å². The van der Waals surface area contributed by atoms with Gasteiger partial charge in [-0.2, -0.15) is 9.40 Å². The zero-order valence-electron chi connectivity index (χ0n) is 15.2. The van der Waals surface area contributed by atoms with E-state index < -0.39 is 10.0 Å². The van der Waals surface area contributed by atoms with E-state index in [1.807, 2.05) is 36.7 Å². The first kappa shape index (κ1) is 18.1. The first-order valence-electron chi connectivity index (χ1n) is 8.75. The van der Waals surface area contributed by atoms with E-state index >= 15 is 0 Å². The Balaban J connectivity index is 1.55. The molecule has 4 heterocycles. The summed E-state index contributed by atoms with van der Waals surface area (Å²) in [4.78, 5) is 6.60. The van der Waals surface area contributed by atoms with Crippen LogP contribution in [0.5, 0.6) is 0 Å². The molecule has 1 fully saturated rings. The zero-order valence-corrected chi connectivity index (χ0v) is 16.9. The molecule has 27 heavy (non-hydrogen) atoms. The topological polar surface area (TPSA) is 71.3 Å². The van der Waals surface area contributed by atoms with E-state index in [9.17, 15) is 8.42 Å². The number of hydrogen-bond donors (Lipinski definition) is 0. The molecule has 4 rings (SSSR count). The Morgan fingerprint density at radius 1 is 1.04 bits per heavy atom. The molecule has 0 aromatic carbocycles. The highest BCUT2D eigenvalue weighted by atomic mass is 32.2. The summed E-state index contributed by atoms with van der Waals surface area (Å²) in [7, 11) is -3.39. The van der Waals surface area contributed by atoms with Gasteiger partial charge in [-0.1, -0.05) is 12.1 Å². The van der Waals surface area contributed by atoms with Crippen LogP contribution in [0.1, 0.15) is 11.4 Å². The van der Waals surface area contributed by atoms with Crippen LogP contribution in [0.15, 0.2) is 46.1 Å². The number of anilines is 1. The lowest BCUT2D eigenvalue weighted by molar-refractivity contribution is 0.385. The second-order valence-electron chi connectivity index (χ2n) is 6.44. The van der Waals surface area contributed by atoms with E-state index in [0.29, 0.717) is 30.4 Å². The molecule has 9 heteroatoms. The van der Waals surface area contributed by atoms with Crippen molar-refractivity contribution in [1.82, 2.24) is 19.1 Å². The maximum Gasteiger partial charge on any atom is 0.252 e. The van der Waals surface area contributed by atoms with Crippen LogP contribution in [0, 0.1) is 13.8 Å². The van der Waals surface area contributed by atoms with Crippen molar-refractivity contribution in [3.63, 3.8) is 0 Å². The van der Waals surface area contributed by atoms with Crippen molar-refractivity contribution in [2.45, 2.75) is 18.1 Å². The fourth-order valence-electron chi connectivity index (χ4n) is 3.48. The molecular weight excluding hydrogens is 382 g/mol. The molecule has 3 aromatic rings. The number of thiophene rings is 1. The number of rotatable bonds is 4. The third kappa shape index (κ3) is 3.26. The lowest BCUT2D eigenvalue weighted by atomic mass is 10.2. The molecule has 142 valence electrons. The second-order valence-corrected chi connectivity index (χ2v) is 9.55. The van der Waals surface area contributed by atoms with Gasteiger partial charge in [-0.3, -0.25) is 0 Å². The van der Waals surface area contributed by atoms with Crippen LogP contribution in [0.4, 0.5) is 5.69 Å². The normalized spacial score (nSPS) is 16.0. The summed E-state index contributed by atoms with van der Waals surface area (Å²) >= 11 is 1.26. The summed E-state index contributed by atoms with van der Waals surface area (Å²) in [6, 6.07) is 9.18. The number of piperazine rings is 1. The molecule has 0 aliphatic carbocycles. The van der Waals surface area contributed by atoms with E-state index in [4.69, 9.17) is 0 Å². The molecule has 3 aromatic heterocycles. The van der Waals surface area contributed by atoms with Crippen molar-refractivity contribution >= 4 is 27.0 Å².